The third-order valence-electron chi connectivity index (χ3n) is 4.23. The SMILES string of the molecule is C#CC1(O)C(CO)[C@@H]([C@H](C)O)O[C@H]1n1cnc2c(=O)[nH]c(N)nc21. The number of nitrogens with one attached hydrogen (secondary N) is 1. The van der Waals surface area contributed by atoms with E-state index in [4.69, 9.17) is 16.9 Å². The van der Waals surface area contributed by atoms with Crippen LogP contribution in [0.25, 0.3) is 11.2 Å². The van der Waals surface area contributed by atoms with E-state index in [1.54, 1.807) is 0 Å². The molecule has 5 atom stereocenters. The van der Waals surface area contributed by atoms with Gasteiger partial charge in [-0.1, -0.05) is 5.92 Å². The van der Waals surface area contributed by atoms with Crippen molar-refractivity contribution >= 4 is 17.1 Å². The van der Waals surface area contributed by atoms with E-state index in [0.717, 1.165) is 0 Å². The zero-order valence-electron chi connectivity index (χ0n) is 12.7. The van der Waals surface area contributed by atoms with Crippen molar-refractivity contribution in [2.75, 3.05) is 12.3 Å². The van der Waals surface area contributed by atoms with Crippen molar-refractivity contribution in [3.8, 4) is 12.3 Å². The first-order valence-corrected chi connectivity index (χ1v) is 7.20. The normalized spacial score (nSPS) is 31.2. The minimum atomic E-state index is -1.94. The smallest absolute Gasteiger partial charge is 0.280 e. The zero-order chi connectivity index (χ0) is 17.6. The van der Waals surface area contributed by atoms with Crippen LogP contribution in [0.3, 0.4) is 0 Å². The van der Waals surface area contributed by atoms with Crippen LogP contribution in [0.1, 0.15) is 13.2 Å². The number of aliphatic hydroxyl groups excluding tert-OH is 2. The Labute approximate surface area is 135 Å². The molecule has 24 heavy (non-hydrogen) atoms. The van der Waals surface area contributed by atoms with Gasteiger partial charge in [0, 0.05) is 0 Å². The van der Waals surface area contributed by atoms with Crippen LogP contribution in [0.2, 0.25) is 0 Å². The van der Waals surface area contributed by atoms with Crippen molar-refractivity contribution in [1.82, 2.24) is 19.5 Å². The molecule has 0 aromatic carbocycles. The fraction of sp³-hybridized carbons (Fsp3) is 0.500. The van der Waals surface area contributed by atoms with E-state index in [0.29, 0.717) is 0 Å². The van der Waals surface area contributed by atoms with Crippen molar-refractivity contribution in [3.05, 3.63) is 16.7 Å². The second-order valence-corrected chi connectivity index (χ2v) is 5.73. The number of anilines is 1. The van der Waals surface area contributed by atoms with Crippen LogP contribution >= 0.6 is 0 Å². The Morgan fingerprint density at radius 2 is 2.38 bits per heavy atom. The van der Waals surface area contributed by atoms with Crippen molar-refractivity contribution < 1.29 is 20.1 Å². The summed E-state index contributed by atoms with van der Waals surface area (Å²) in [7, 11) is 0. The Morgan fingerprint density at radius 1 is 1.67 bits per heavy atom. The molecule has 128 valence electrons. The second-order valence-electron chi connectivity index (χ2n) is 5.73. The molecule has 2 aromatic rings. The van der Waals surface area contributed by atoms with Gasteiger partial charge >= 0.3 is 0 Å². The number of aromatic nitrogens is 4. The highest BCUT2D eigenvalue weighted by atomic mass is 16.6. The van der Waals surface area contributed by atoms with Crippen LogP contribution in [0.5, 0.6) is 0 Å². The second kappa shape index (κ2) is 5.57. The number of rotatable bonds is 3. The van der Waals surface area contributed by atoms with Gasteiger partial charge in [-0.2, -0.15) is 4.98 Å². The number of nitrogens with zero attached hydrogens (tertiary/aromatic N) is 3. The number of fused-ring (bicyclic) bond motifs is 1. The number of aromatic amines is 1. The number of ether oxygens (including phenoxy) is 1. The largest absolute Gasteiger partial charge is 0.396 e. The molecule has 0 radical (unpaired) electrons. The predicted molar refractivity (Wildman–Crippen MR) is 82.5 cm³/mol. The third kappa shape index (κ3) is 2.18. The molecule has 10 nitrogen and oxygen atoms in total. The number of hydrogen-bond acceptors (Lipinski definition) is 8. The fourth-order valence-electron chi connectivity index (χ4n) is 3.04. The van der Waals surface area contributed by atoms with E-state index >= 15 is 0 Å². The molecule has 0 bridgehead atoms. The standard InChI is InChI=1S/C14H17N5O5/c1-3-14(23)7(4-20)9(6(2)21)24-12(14)19-5-16-8-10(19)17-13(15)18-11(8)22/h1,5-7,9,12,20-21,23H,4H2,2H3,(H3,15,17,18,22)/t6-,7?,9+,12+,14?/m0/s1. The monoisotopic (exact) mass is 335 g/mol. The van der Waals surface area contributed by atoms with Crippen LogP contribution in [-0.2, 0) is 4.74 Å². The number of imidazole rings is 1. The van der Waals surface area contributed by atoms with E-state index in [1.165, 1.54) is 17.8 Å². The molecule has 1 saturated heterocycles. The van der Waals surface area contributed by atoms with Gasteiger partial charge in [0.1, 0.15) is 0 Å². The summed E-state index contributed by atoms with van der Waals surface area (Å²) >= 11 is 0. The molecule has 10 heteroatoms. The number of H-pyrrole nitrogens is 1. The van der Waals surface area contributed by atoms with Crippen LogP contribution in [-0.4, -0.2) is 59.3 Å². The summed E-state index contributed by atoms with van der Waals surface area (Å²) in [6.07, 6.45) is 3.59. The van der Waals surface area contributed by atoms with Crippen LogP contribution in [0.15, 0.2) is 11.1 Å². The number of terminal acetylenes is 1. The minimum Gasteiger partial charge on any atom is -0.396 e. The Kier molecular flexibility index (Phi) is 3.81. The molecule has 0 spiro atoms. The number of aliphatic hydroxyl groups is 3. The highest BCUT2D eigenvalue weighted by molar-refractivity contribution is 5.70. The molecule has 1 aliphatic rings. The molecule has 0 amide bonds. The van der Waals surface area contributed by atoms with Crippen LogP contribution in [0, 0.1) is 18.3 Å². The van der Waals surface area contributed by atoms with Gasteiger partial charge in [-0.15, -0.1) is 6.42 Å². The van der Waals surface area contributed by atoms with E-state index in [9.17, 15) is 20.1 Å². The van der Waals surface area contributed by atoms with Gasteiger partial charge in [0.25, 0.3) is 5.56 Å². The maximum absolute atomic E-state index is 11.9. The lowest BCUT2D eigenvalue weighted by molar-refractivity contribution is -0.0845. The molecule has 1 fully saturated rings. The molecule has 1 aliphatic heterocycles. The zero-order valence-corrected chi connectivity index (χ0v) is 12.7. The average molecular weight is 335 g/mol. The van der Waals surface area contributed by atoms with Crippen LogP contribution in [0.4, 0.5) is 5.95 Å². The molecule has 2 unspecified atom stereocenters. The maximum atomic E-state index is 11.9. The number of nitrogens with two attached hydrogens (primary N) is 1. The quantitative estimate of drug-likeness (QED) is 0.401. The molecule has 0 aliphatic carbocycles. The fourth-order valence-corrected chi connectivity index (χ4v) is 3.04. The summed E-state index contributed by atoms with van der Waals surface area (Å²) in [5.74, 6) is 1.15. The summed E-state index contributed by atoms with van der Waals surface area (Å²) in [5, 5.41) is 30.4. The van der Waals surface area contributed by atoms with E-state index in [-0.39, 0.29) is 17.1 Å². The highest BCUT2D eigenvalue weighted by Crippen LogP contribution is 2.44. The Morgan fingerprint density at radius 3 is 2.96 bits per heavy atom. The predicted octanol–water partition coefficient (Wildman–Crippen LogP) is -2.05. The van der Waals surface area contributed by atoms with Crippen molar-refractivity contribution in [1.29, 1.82) is 0 Å². The van der Waals surface area contributed by atoms with Crippen molar-refractivity contribution in [2.24, 2.45) is 5.92 Å². The van der Waals surface area contributed by atoms with Gasteiger partial charge in [-0.3, -0.25) is 14.3 Å². The summed E-state index contributed by atoms with van der Waals surface area (Å²) < 4.78 is 6.96. The topological polar surface area (TPSA) is 160 Å². The lowest BCUT2D eigenvalue weighted by Gasteiger charge is -2.28. The number of hydrogen-bond donors (Lipinski definition) is 5. The first kappa shape index (κ1) is 16.4. The van der Waals surface area contributed by atoms with Crippen molar-refractivity contribution in [2.45, 2.75) is 31.0 Å². The summed E-state index contributed by atoms with van der Waals surface area (Å²) in [6, 6.07) is 0. The molecule has 3 rings (SSSR count). The first-order valence-electron chi connectivity index (χ1n) is 7.20. The van der Waals surface area contributed by atoms with Gasteiger partial charge in [0.15, 0.2) is 23.0 Å². The summed E-state index contributed by atoms with van der Waals surface area (Å²) in [5.41, 5.74) is 3.12. The molecule has 6 N–H and O–H groups in total. The Bertz CT molecular complexity index is 869. The van der Waals surface area contributed by atoms with Gasteiger partial charge in [-0.05, 0) is 6.92 Å². The lowest BCUT2D eigenvalue weighted by atomic mass is 9.84. The average Bonchev–Trinajstić information content (AvgIpc) is 3.06. The Balaban J connectivity index is 2.18. The maximum Gasteiger partial charge on any atom is 0.280 e. The molecule has 3 heterocycles. The minimum absolute atomic E-state index is 0.00628. The van der Waals surface area contributed by atoms with Gasteiger partial charge < -0.3 is 25.8 Å². The first-order chi connectivity index (χ1) is 11.3. The van der Waals surface area contributed by atoms with Crippen molar-refractivity contribution in [3.63, 3.8) is 0 Å². The lowest BCUT2D eigenvalue weighted by Crippen LogP contribution is -2.44. The van der Waals surface area contributed by atoms with Gasteiger partial charge in [0.2, 0.25) is 5.95 Å². The summed E-state index contributed by atoms with van der Waals surface area (Å²) in [4.78, 5) is 22.1. The highest BCUT2D eigenvalue weighted by Gasteiger charge is 2.57. The Hall–Kier alpha value is -2.45. The number of nitrogen functional groups attached to an aromatic ring is 1. The summed E-state index contributed by atoms with van der Waals surface area (Å²) in [6.45, 7) is 0.954. The van der Waals surface area contributed by atoms with E-state index in [2.05, 4.69) is 20.9 Å². The van der Waals surface area contributed by atoms with Gasteiger partial charge in [-0.25, -0.2) is 4.98 Å². The third-order valence-corrected chi connectivity index (χ3v) is 4.23. The molecule has 2 aromatic heterocycles. The van der Waals surface area contributed by atoms with E-state index in [1.807, 2.05) is 0 Å². The molecule has 0 saturated carbocycles. The molecular weight excluding hydrogens is 318 g/mol. The molecular formula is C14H17N5O5. The van der Waals surface area contributed by atoms with Gasteiger partial charge in [0.05, 0.1) is 31.1 Å². The van der Waals surface area contributed by atoms with Crippen LogP contribution < -0.4 is 11.3 Å². The van der Waals surface area contributed by atoms with E-state index < -0.39 is 42.1 Å².